The molecule has 7 nitrogen and oxygen atoms in total. The number of rotatable bonds is 8. The summed E-state index contributed by atoms with van der Waals surface area (Å²) in [6, 6.07) is 0. The van der Waals surface area contributed by atoms with Crippen molar-refractivity contribution in [2.24, 2.45) is 46.8 Å². The number of hydrogen-bond donors (Lipinski definition) is 2. The molecule has 6 rings (SSSR count). The quantitative estimate of drug-likeness (QED) is 0.468. The minimum absolute atomic E-state index is 0.00758. The van der Waals surface area contributed by atoms with Crippen molar-refractivity contribution >= 4 is 11.9 Å². The molecule has 2 unspecified atom stereocenters. The first-order valence-electron chi connectivity index (χ1n) is 15.1. The molecule has 7 atom stereocenters. The summed E-state index contributed by atoms with van der Waals surface area (Å²) in [6.45, 7) is 7.90. The molecule has 37 heavy (non-hydrogen) atoms. The highest BCUT2D eigenvalue weighted by Gasteiger charge is 2.65. The lowest BCUT2D eigenvalue weighted by Crippen LogP contribution is -2.59. The molecule has 2 bridgehead atoms. The Hall–Kier alpha value is -1.18. The fraction of sp³-hybridized carbons (Fsp3) is 0.933. The molecule has 1 saturated heterocycles. The van der Waals surface area contributed by atoms with Crippen molar-refractivity contribution in [1.29, 1.82) is 0 Å². The molecule has 0 aromatic rings. The Kier molecular flexibility index (Phi) is 7.97. The first kappa shape index (κ1) is 27.4. The van der Waals surface area contributed by atoms with Crippen LogP contribution in [0, 0.1) is 46.8 Å². The van der Waals surface area contributed by atoms with E-state index in [2.05, 4.69) is 26.1 Å². The second kappa shape index (κ2) is 10.8. The van der Waals surface area contributed by atoms with Gasteiger partial charge in [0.1, 0.15) is 0 Å². The molecule has 7 heteroatoms. The number of hydrogen-bond acceptors (Lipinski definition) is 5. The van der Waals surface area contributed by atoms with Crippen LogP contribution in [-0.2, 0) is 19.1 Å². The van der Waals surface area contributed by atoms with E-state index in [9.17, 15) is 19.8 Å². The van der Waals surface area contributed by atoms with Crippen LogP contribution in [0.15, 0.2) is 0 Å². The van der Waals surface area contributed by atoms with Crippen LogP contribution in [0.1, 0.15) is 97.8 Å². The molecule has 0 aromatic carbocycles. The lowest BCUT2D eigenvalue weighted by molar-refractivity contribution is -0.509. The van der Waals surface area contributed by atoms with Gasteiger partial charge in [0, 0.05) is 18.1 Å². The maximum atomic E-state index is 13.2. The Morgan fingerprint density at radius 3 is 2.43 bits per heavy atom. The maximum Gasteiger partial charge on any atom is 0.309 e. The third kappa shape index (κ3) is 5.47. The topological polar surface area (TPSA) is 108 Å². The van der Waals surface area contributed by atoms with E-state index >= 15 is 0 Å². The van der Waals surface area contributed by atoms with Gasteiger partial charge in [-0.25, -0.2) is 0 Å². The molecule has 0 radical (unpaired) electrons. The van der Waals surface area contributed by atoms with E-state index in [1.54, 1.807) is 0 Å². The van der Waals surface area contributed by atoms with Crippen LogP contribution in [-0.4, -0.2) is 48.1 Å². The van der Waals surface area contributed by atoms with Gasteiger partial charge in [0.25, 0.3) is 0 Å². The second-order valence-electron chi connectivity index (χ2n) is 13.8. The molecule has 1 heterocycles. The Morgan fingerprint density at radius 2 is 1.76 bits per heavy atom. The highest BCUT2D eigenvalue weighted by molar-refractivity contribution is 5.82. The molecule has 1 amide bonds. The van der Waals surface area contributed by atoms with Gasteiger partial charge in [0.05, 0.1) is 18.1 Å². The normalized spacial score (nSPS) is 45.1. The Balaban J connectivity index is 1.05. The summed E-state index contributed by atoms with van der Waals surface area (Å²) in [4.78, 5) is 24.4. The van der Waals surface area contributed by atoms with Crippen molar-refractivity contribution in [3.63, 3.8) is 0 Å². The van der Waals surface area contributed by atoms with Crippen molar-refractivity contribution in [1.82, 2.24) is 5.32 Å². The average molecular weight is 519 g/mol. The third-order valence-corrected chi connectivity index (χ3v) is 11.4. The lowest BCUT2D eigenvalue weighted by atomic mass is 9.62. The smallest absolute Gasteiger partial charge is 0.309 e. The summed E-state index contributed by atoms with van der Waals surface area (Å²) in [7, 11) is 0. The van der Waals surface area contributed by atoms with E-state index in [4.69, 9.17) is 9.47 Å². The average Bonchev–Trinajstić information content (AvgIpc) is 3.35. The van der Waals surface area contributed by atoms with Crippen molar-refractivity contribution in [3.05, 3.63) is 0 Å². The van der Waals surface area contributed by atoms with Gasteiger partial charge in [-0.3, -0.25) is 9.59 Å². The van der Waals surface area contributed by atoms with Gasteiger partial charge in [-0.05, 0) is 119 Å². The van der Waals surface area contributed by atoms with Crippen molar-refractivity contribution in [2.45, 2.75) is 116 Å². The Bertz CT molecular complexity index is 832. The predicted octanol–water partition coefficient (Wildman–Crippen LogP) is 4.12. The van der Waals surface area contributed by atoms with Gasteiger partial charge in [-0.1, -0.05) is 20.3 Å². The predicted molar refractivity (Wildman–Crippen MR) is 137 cm³/mol. The van der Waals surface area contributed by atoms with Crippen molar-refractivity contribution in [3.8, 4) is 0 Å². The number of carboxylic acids is 1. The lowest BCUT2D eigenvalue weighted by Gasteiger charge is -2.47. The minimum Gasteiger partial charge on any atom is -0.831 e. The third-order valence-electron chi connectivity index (χ3n) is 11.4. The highest BCUT2D eigenvalue weighted by atomic mass is 16.6. The Labute approximate surface area is 222 Å². The molecule has 0 aromatic heterocycles. The number of amides is 1. The summed E-state index contributed by atoms with van der Waals surface area (Å²) < 4.78 is 12.1. The number of aliphatic carboxylic acids is 1. The monoisotopic (exact) mass is 518 g/mol. The zero-order valence-corrected chi connectivity index (χ0v) is 23.1. The van der Waals surface area contributed by atoms with Gasteiger partial charge in [-0.15, -0.1) is 0 Å². The van der Waals surface area contributed by atoms with Crippen LogP contribution in [0.2, 0.25) is 0 Å². The van der Waals surface area contributed by atoms with Crippen LogP contribution in [0.25, 0.3) is 0 Å². The molecule has 1 aliphatic heterocycles. The number of carbonyl (C=O) groups excluding carboxylic acids is 1. The van der Waals surface area contributed by atoms with E-state index in [0.29, 0.717) is 61.6 Å². The summed E-state index contributed by atoms with van der Waals surface area (Å²) >= 11 is 0. The van der Waals surface area contributed by atoms with Gasteiger partial charge in [0.2, 0.25) is 5.91 Å². The molecular weight excluding hydrogens is 470 g/mol. The standard InChI is InChI=1S/C30H48NO6/c1-18-4-10-24(25-15-36-19(2)5-11-23(18)25)20(3)27(33)37-14-21-6-8-22(9-7-21)26(32)31-30-13-12-29(16-30,17-30)28(34)35/h18-25,27H,4-17H2,1-3H3,(H,31,32)(H,34,35)/q-1/t18-,19?,20-,21?,22?,23+,24+,25?,27-,29?,30?/m1/s1. The molecule has 2 N–H and O–H groups in total. The first-order valence-corrected chi connectivity index (χ1v) is 15.1. The van der Waals surface area contributed by atoms with Crippen LogP contribution >= 0.6 is 0 Å². The molecule has 0 spiro atoms. The van der Waals surface area contributed by atoms with Gasteiger partial charge in [0.15, 0.2) is 0 Å². The van der Waals surface area contributed by atoms with Crippen LogP contribution < -0.4 is 10.4 Å². The van der Waals surface area contributed by atoms with Crippen LogP contribution in [0.4, 0.5) is 0 Å². The molecule has 6 aliphatic rings. The summed E-state index contributed by atoms with van der Waals surface area (Å²) in [5.74, 6) is 1.89. The van der Waals surface area contributed by atoms with E-state index in [0.717, 1.165) is 51.6 Å². The van der Waals surface area contributed by atoms with Gasteiger partial charge in [-0.2, -0.15) is 0 Å². The van der Waals surface area contributed by atoms with Gasteiger partial charge >= 0.3 is 5.97 Å². The second-order valence-corrected chi connectivity index (χ2v) is 13.8. The Morgan fingerprint density at radius 1 is 1.03 bits per heavy atom. The van der Waals surface area contributed by atoms with E-state index in [1.165, 1.54) is 12.8 Å². The SMILES string of the molecule is CC1CC[C@@H]2C(CO1)[C@H]([C@@H](C)[C@H]([O-])OCC1CCC(C(=O)NC34CCC(C(=O)O)(C3)C4)CC1)CC[C@H]2C. The molecule has 6 fully saturated rings. The van der Waals surface area contributed by atoms with Gasteiger partial charge < -0.3 is 25.0 Å². The van der Waals surface area contributed by atoms with Crippen LogP contribution in [0.3, 0.4) is 0 Å². The molecular formula is C30H48NO6-. The number of carbonyl (C=O) groups is 2. The number of ether oxygens (including phenoxy) is 2. The summed E-state index contributed by atoms with van der Waals surface area (Å²) in [6.07, 6.45) is 10.0. The largest absolute Gasteiger partial charge is 0.831 e. The van der Waals surface area contributed by atoms with E-state index in [-0.39, 0.29) is 23.3 Å². The minimum atomic E-state index is -1.00. The number of carboxylic acid groups (broad SMARTS) is 1. The summed E-state index contributed by atoms with van der Waals surface area (Å²) in [5, 5.41) is 25.9. The summed E-state index contributed by atoms with van der Waals surface area (Å²) in [5.41, 5.74) is -0.871. The first-order chi connectivity index (χ1) is 17.6. The van der Waals surface area contributed by atoms with Crippen molar-refractivity contribution < 1.29 is 29.3 Å². The number of nitrogens with one attached hydrogen (secondary N) is 1. The zero-order valence-electron chi connectivity index (χ0n) is 23.1. The fourth-order valence-corrected chi connectivity index (χ4v) is 8.83. The molecule has 5 saturated carbocycles. The van der Waals surface area contributed by atoms with Crippen molar-refractivity contribution in [2.75, 3.05) is 13.2 Å². The number of fused-ring (bicyclic) bond motifs is 2. The molecule has 210 valence electrons. The molecule has 5 aliphatic carbocycles. The van der Waals surface area contributed by atoms with E-state index in [1.807, 2.05) is 0 Å². The zero-order chi connectivity index (χ0) is 26.4. The van der Waals surface area contributed by atoms with E-state index < -0.39 is 17.7 Å². The highest BCUT2D eigenvalue weighted by Crippen LogP contribution is 2.61. The maximum absolute atomic E-state index is 13.2. The van der Waals surface area contributed by atoms with Crippen LogP contribution in [0.5, 0.6) is 0 Å². The fourth-order valence-electron chi connectivity index (χ4n) is 8.83.